The number of carbonyl (C=O) groups is 5. The summed E-state index contributed by atoms with van der Waals surface area (Å²) in [6.07, 6.45) is 1.10. The molecule has 2 saturated heterocycles. The lowest BCUT2D eigenvalue weighted by Crippen LogP contribution is -2.60. The number of benzene rings is 2. The molecule has 12 heteroatoms. The molecule has 5 N–H and O–H groups in total. The Balaban J connectivity index is 1.80. The summed E-state index contributed by atoms with van der Waals surface area (Å²) in [6.45, 7) is 7.44. The summed E-state index contributed by atoms with van der Waals surface area (Å²) in [6, 6.07) is 7.55. The van der Waals surface area contributed by atoms with Crippen LogP contribution in [0, 0.1) is 11.8 Å². The van der Waals surface area contributed by atoms with Crippen molar-refractivity contribution in [2.75, 3.05) is 13.6 Å². The number of likely N-dealkylation sites (N-methyl/N-ethyl adjacent to an activating group) is 1. The van der Waals surface area contributed by atoms with Crippen LogP contribution in [0.5, 0.6) is 11.5 Å². The normalized spacial score (nSPS) is 25.1. The average Bonchev–Trinajstić information content (AvgIpc) is 3.51. The molecule has 0 unspecified atom stereocenters. The van der Waals surface area contributed by atoms with Crippen molar-refractivity contribution < 1.29 is 34.2 Å². The van der Waals surface area contributed by atoms with E-state index in [-0.39, 0.29) is 36.2 Å². The highest BCUT2D eigenvalue weighted by Crippen LogP contribution is 2.23. The van der Waals surface area contributed by atoms with Gasteiger partial charge in [-0.3, -0.25) is 24.0 Å². The van der Waals surface area contributed by atoms with Gasteiger partial charge in [-0.2, -0.15) is 0 Å². The zero-order valence-corrected chi connectivity index (χ0v) is 27.0. The summed E-state index contributed by atoms with van der Waals surface area (Å²) in [5.74, 6) is -3.14. The van der Waals surface area contributed by atoms with E-state index in [4.69, 9.17) is 0 Å². The topological polar surface area (TPSA) is 168 Å². The summed E-state index contributed by atoms with van der Waals surface area (Å²) in [7, 11) is 1.49. The standard InChI is InChI=1S/C34H45N5O7/c1-19(2)28-32(44)37-29(20(3)4)34(46)38(5)27(18-22-10-14-24(41)15-11-22)31(43)35-25(17-21-8-12-23(40)13-9-21)33(45)39-16-6-7-26(39)30(42)36-28/h8-15,19-20,25-29,40-41H,6-7,16-18H2,1-5H3,(H,35,43)(H,36,42)(H,37,44)/t25-,26-,27-,28-,29-/m0/s1. The van der Waals surface area contributed by atoms with E-state index in [1.165, 1.54) is 41.1 Å². The number of phenolic OH excluding ortho intramolecular Hbond substituents is 2. The van der Waals surface area contributed by atoms with Crippen molar-refractivity contribution in [3.05, 3.63) is 59.7 Å². The maximum atomic E-state index is 14.2. The van der Waals surface area contributed by atoms with E-state index < -0.39 is 59.7 Å². The Labute approximate surface area is 269 Å². The van der Waals surface area contributed by atoms with Crippen LogP contribution >= 0.6 is 0 Å². The predicted octanol–water partition coefficient (Wildman–Crippen LogP) is 1.48. The minimum atomic E-state index is -1.09. The molecule has 5 amide bonds. The van der Waals surface area contributed by atoms with Crippen LogP contribution in [0.1, 0.15) is 51.7 Å². The molecule has 5 atom stereocenters. The Morgan fingerprint density at radius 3 is 1.76 bits per heavy atom. The van der Waals surface area contributed by atoms with E-state index in [2.05, 4.69) is 16.0 Å². The number of fused-ring (bicyclic) bond motifs is 1. The third-order valence-electron chi connectivity index (χ3n) is 8.79. The molecule has 0 saturated carbocycles. The van der Waals surface area contributed by atoms with Gasteiger partial charge in [-0.15, -0.1) is 0 Å². The number of nitrogens with one attached hydrogen (secondary N) is 3. The number of amides is 5. The molecule has 0 aliphatic carbocycles. The Morgan fingerprint density at radius 1 is 0.696 bits per heavy atom. The molecule has 0 spiro atoms. The highest BCUT2D eigenvalue weighted by molar-refractivity contribution is 5.98. The second kappa shape index (κ2) is 14.7. The molecule has 2 aromatic rings. The number of phenols is 2. The van der Waals surface area contributed by atoms with E-state index in [0.29, 0.717) is 30.5 Å². The molecule has 248 valence electrons. The van der Waals surface area contributed by atoms with Crippen molar-refractivity contribution in [3.63, 3.8) is 0 Å². The first-order valence-electron chi connectivity index (χ1n) is 15.8. The van der Waals surface area contributed by atoms with Gasteiger partial charge in [0.05, 0.1) is 0 Å². The summed E-state index contributed by atoms with van der Waals surface area (Å²) in [5.41, 5.74) is 1.33. The van der Waals surface area contributed by atoms with E-state index >= 15 is 0 Å². The lowest BCUT2D eigenvalue weighted by molar-refractivity contribution is -0.144. The summed E-state index contributed by atoms with van der Waals surface area (Å²) >= 11 is 0. The Kier molecular flexibility index (Phi) is 10.9. The largest absolute Gasteiger partial charge is 0.508 e. The maximum absolute atomic E-state index is 14.2. The van der Waals surface area contributed by atoms with Crippen LogP contribution in [0.15, 0.2) is 48.5 Å². The highest BCUT2D eigenvalue weighted by atomic mass is 16.3. The molecule has 4 rings (SSSR count). The molecular weight excluding hydrogens is 590 g/mol. The van der Waals surface area contributed by atoms with E-state index in [0.717, 1.165) is 0 Å². The fourth-order valence-corrected chi connectivity index (χ4v) is 6.01. The fourth-order valence-electron chi connectivity index (χ4n) is 6.01. The van der Waals surface area contributed by atoms with Crippen LogP contribution in [0.4, 0.5) is 0 Å². The minimum absolute atomic E-state index is 0.0462. The number of hydrogen-bond acceptors (Lipinski definition) is 7. The van der Waals surface area contributed by atoms with Gasteiger partial charge in [0, 0.05) is 26.4 Å². The van der Waals surface area contributed by atoms with Crippen LogP contribution in [-0.4, -0.2) is 93.4 Å². The molecule has 12 nitrogen and oxygen atoms in total. The summed E-state index contributed by atoms with van der Waals surface area (Å²) in [4.78, 5) is 72.4. The first kappa shape index (κ1) is 34.3. The van der Waals surface area contributed by atoms with E-state index in [1.807, 2.05) is 0 Å². The van der Waals surface area contributed by atoms with Crippen molar-refractivity contribution in [2.45, 2.75) is 83.6 Å². The van der Waals surface area contributed by atoms with Gasteiger partial charge in [-0.1, -0.05) is 52.0 Å². The van der Waals surface area contributed by atoms with E-state index in [9.17, 15) is 34.2 Å². The summed E-state index contributed by atoms with van der Waals surface area (Å²) < 4.78 is 0. The SMILES string of the molecule is CC(C)[C@@H]1NC(=O)[C@@H]2CCCN2C(=O)[C@H](Cc2ccc(O)cc2)NC(=O)[C@H](Cc2ccc(O)cc2)N(C)C(=O)[C@H](C(C)C)NC1=O. The minimum Gasteiger partial charge on any atom is -0.508 e. The smallest absolute Gasteiger partial charge is 0.246 e. The van der Waals surface area contributed by atoms with Gasteiger partial charge < -0.3 is 36.0 Å². The quantitative estimate of drug-likeness (QED) is 0.320. The van der Waals surface area contributed by atoms with Crippen LogP contribution in [0.2, 0.25) is 0 Å². The molecule has 46 heavy (non-hydrogen) atoms. The Bertz CT molecular complexity index is 1430. The van der Waals surface area contributed by atoms with Crippen molar-refractivity contribution in [1.82, 2.24) is 25.8 Å². The van der Waals surface area contributed by atoms with Gasteiger partial charge in [0.2, 0.25) is 29.5 Å². The molecule has 0 aromatic heterocycles. The molecule has 2 fully saturated rings. The highest BCUT2D eigenvalue weighted by Gasteiger charge is 2.42. The number of rotatable bonds is 6. The second-order valence-electron chi connectivity index (χ2n) is 12.9. The number of nitrogens with zero attached hydrogens (tertiary/aromatic N) is 2. The van der Waals surface area contributed by atoms with Crippen molar-refractivity contribution in [3.8, 4) is 11.5 Å². The zero-order chi connectivity index (χ0) is 33.7. The van der Waals surface area contributed by atoms with Gasteiger partial charge in [-0.05, 0) is 60.1 Å². The van der Waals surface area contributed by atoms with Crippen LogP contribution in [-0.2, 0) is 36.8 Å². The van der Waals surface area contributed by atoms with Gasteiger partial charge in [-0.25, -0.2) is 0 Å². The second-order valence-corrected chi connectivity index (χ2v) is 12.9. The lowest BCUT2D eigenvalue weighted by Gasteiger charge is -2.34. The number of carbonyl (C=O) groups excluding carboxylic acids is 5. The first-order valence-corrected chi connectivity index (χ1v) is 15.8. The fraction of sp³-hybridized carbons (Fsp3) is 0.500. The van der Waals surface area contributed by atoms with Crippen LogP contribution < -0.4 is 16.0 Å². The van der Waals surface area contributed by atoms with Crippen molar-refractivity contribution in [2.24, 2.45) is 11.8 Å². The molecule has 0 radical (unpaired) electrons. The number of hydrogen-bond donors (Lipinski definition) is 5. The van der Waals surface area contributed by atoms with Gasteiger partial charge in [0.1, 0.15) is 41.7 Å². The van der Waals surface area contributed by atoms with Gasteiger partial charge in [0.25, 0.3) is 0 Å². The molecule has 2 aromatic carbocycles. The molecule has 0 bridgehead atoms. The molecule has 2 aliphatic rings. The molecule has 2 aliphatic heterocycles. The molecule has 2 heterocycles. The van der Waals surface area contributed by atoms with Crippen molar-refractivity contribution in [1.29, 1.82) is 0 Å². The lowest BCUT2D eigenvalue weighted by atomic mass is 9.97. The molecular formula is C34H45N5O7. The van der Waals surface area contributed by atoms with Crippen LogP contribution in [0.3, 0.4) is 0 Å². The van der Waals surface area contributed by atoms with E-state index in [1.54, 1.807) is 52.0 Å². The maximum Gasteiger partial charge on any atom is 0.246 e. The Morgan fingerprint density at radius 2 is 1.22 bits per heavy atom. The Hall–Kier alpha value is -4.61. The average molecular weight is 636 g/mol. The number of aromatic hydroxyl groups is 2. The van der Waals surface area contributed by atoms with Gasteiger partial charge in [0.15, 0.2) is 0 Å². The third kappa shape index (κ3) is 7.96. The third-order valence-corrected chi connectivity index (χ3v) is 8.79. The first-order chi connectivity index (χ1) is 21.8. The van der Waals surface area contributed by atoms with Crippen molar-refractivity contribution >= 4 is 29.5 Å². The zero-order valence-electron chi connectivity index (χ0n) is 27.0. The predicted molar refractivity (Wildman–Crippen MR) is 170 cm³/mol. The van der Waals surface area contributed by atoms with Gasteiger partial charge >= 0.3 is 0 Å². The monoisotopic (exact) mass is 635 g/mol. The van der Waals surface area contributed by atoms with Crippen LogP contribution in [0.25, 0.3) is 0 Å². The summed E-state index contributed by atoms with van der Waals surface area (Å²) in [5, 5.41) is 28.2.